The number of aryl methyl sites for hydroxylation is 1. The van der Waals surface area contributed by atoms with Crippen molar-refractivity contribution in [2.75, 3.05) is 18.8 Å². The number of nitrogens with one attached hydrogen (secondary N) is 1. The van der Waals surface area contributed by atoms with E-state index in [1.807, 2.05) is 25.6 Å². The lowest BCUT2D eigenvalue weighted by molar-refractivity contribution is -0.131. The summed E-state index contributed by atoms with van der Waals surface area (Å²) in [5, 5.41) is 3.51. The third-order valence-electron chi connectivity index (χ3n) is 4.77. The maximum Gasteiger partial charge on any atom is 0.227 e. The minimum Gasteiger partial charge on any atom is -0.354 e. The molecule has 4 heteroatoms. The first-order valence-electron chi connectivity index (χ1n) is 7.84. The van der Waals surface area contributed by atoms with Crippen molar-refractivity contribution < 1.29 is 4.79 Å². The Hall–Kier alpha value is -1.00. The van der Waals surface area contributed by atoms with Gasteiger partial charge in [-0.05, 0) is 36.1 Å². The van der Waals surface area contributed by atoms with Gasteiger partial charge < -0.3 is 11.1 Å². The van der Waals surface area contributed by atoms with Gasteiger partial charge in [0, 0.05) is 18.3 Å². The van der Waals surface area contributed by atoms with Crippen molar-refractivity contribution in [3.05, 3.63) is 35.4 Å². The van der Waals surface area contributed by atoms with E-state index in [1.54, 1.807) is 0 Å². The van der Waals surface area contributed by atoms with Crippen molar-refractivity contribution >= 4 is 17.7 Å². The van der Waals surface area contributed by atoms with E-state index in [-0.39, 0.29) is 5.91 Å². The molecule has 21 heavy (non-hydrogen) atoms. The van der Waals surface area contributed by atoms with Crippen LogP contribution < -0.4 is 11.1 Å². The van der Waals surface area contributed by atoms with Crippen molar-refractivity contribution in [1.82, 2.24) is 5.32 Å². The molecule has 1 aliphatic heterocycles. The fraction of sp³-hybridized carbons (Fsp3) is 0.588. The average molecular weight is 306 g/mol. The Morgan fingerprint density at radius 2 is 2.10 bits per heavy atom. The summed E-state index contributed by atoms with van der Waals surface area (Å²) in [6.07, 6.45) is 2.71. The van der Waals surface area contributed by atoms with Crippen LogP contribution in [0, 0.1) is 5.41 Å². The molecule has 2 rings (SSSR count). The summed E-state index contributed by atoms with van der Waals surface area (Å²) in [7, 11) is 0. The second-order valence-corrected chi connectivity index (χ2v) is 7.02. The number of carbonyl (C=O) groups is 1. The molecule has 0 radical (unpaired) electrons. The second kappa shape index (κ2) is 7.32. The number of thioether (sulfide) groups is 1. The Morgan fingerprint density at radius 3 is 2.76 bits per heavy atom. The van der Waals surface area contributed by atoms with E-state index >= 15 is 0 Å². The van der Waals surface area contributed by atoms with Crippen LogP contribution in [0.25, 0.3) is 0 Å². The highest BCUT2D eigenvalue weighted by Gasteiger charge is 2.33. The maximum atomic E-state index is 12.5. The van der Waals surface area contributed by atoms with E-state index in [9.17, 15) is 4.79 Å². The Bertz CT molecular complexity index is 477. The SMILES string of the molecule is CCC(CC)(CN)C(=O)NCC1SCCc2ccccc21. The lowest BCUT2D eigenvalue weighted by Crippen LogP contribution is -2.46. The molecular weight excluding hydrogens is 280 g/mol. The molecular formula is C17H26N2OS. The first-order chi connectivity index (χ1) is 10.2. The van der Waals surface area contributed by atoms with Gasteiger partial charge in [-0.3, -0.25) is 4.79 Å². The highest BCUT2D eigenvalue weighted by atomic mass is 32.2. The van der Waals surface area contributed by atoms with Gasteiger partial charge in [0.25, 0.3) is 0 Å². The van der Waals surface area contributed by atoms with Crippen molar-refractivity contribution in [3.8, 4) is 0 Å². The zero-order valence-corrected chi connectivity index (χ0v) is 13.8. The third-order valence-corrected chi connectivity index (χ3v) is 6.03. The Kier molecular flexibility index (Phi) is 5.71. The van der Waals surface area contributed by atoms with E-state index in [0.29, 0.717) is 18.3 Å². The van der Waals surface area contributed by atoms with Crippen LogP contribution in [0.15, 0.2) is 24.3 Å². The molecule has 1 unspecified atom stereocenters. The molecule has 0 aromatic heterocycles. The molecule has 1 atom stereocenters. The van der Waals surface area contributed by atoms with Gasteiger partial charge in [-0.25, -0.2) is 0 Å². The van der Waals surface area contributed by atoms with Crippen molar-refractivity contribution in [2.45, 2.75) is 38.4 Å². The number of hydrogen-bond acceptors (Lipinski definition) is 3. The molecule has 0 fully saturated rings. The van der Waals surface area contributed by atoms with Gasteiger partial charge in [0.05, 0.1) is 5.41 Å². The predicted molar refractivity (Wildman–Crippen MR) is 90.4 cm³/mol. The van der Waals surface area contributed by atoms with Crippen molar-refractivity contribution in [2.24, 2.45) is 11.1 Å². The molecule has 3 N–H and O–H groups in total. The second-order valence-electron chi connectivity index (χ2n) is 5.71. The van der Waals surface area contributed by atoms with E-state index in [1.165, 1.54) is 11.1 Å². The number of amides is 1. The summed E-state index contributed by atoms with van der Waals surface area (Å²) < 4.78 is 0. The molecule has 0 aliphatic carbocycles. The van der Waals surface area contributed by atoms with Crippen LogP contribution in [0.2, 0.25) is 0 Å². The first kappa shape index (κ1) is 16.4. The number of nitrogens with two attached hydrogens (primary N) is 1. The third kappa shape index (κ3) is 3.43. The number of carbonyl (C=O) groups excluding carboxylic acids is 1. The van der Waals surface area contributed by atoms with Gasteiger partial charge in [-0.15, -0.1) is 0 Å². The van der Waals surface area contributed by atoms with Gasteiger partial charge in [0.2, 0.25) is 5.91 Å². The van der Waals surface area contributed by atoms with E-state index in [0.717, 1.165) is 25.0 Å². The summed E-state index contributed by atoms with van der Waals surface area (Å²) >= 11 is 1.94. The molecule has 1 aromatic rings. The van der Waals surface area contributed by atoms with Gasteiger partial charge in [-0.1, -0.05) is 38.1 Å². The largest absolute Gasteiger partial charge is 0.354 e. The number of benzene rings is 1. The normalized spacial score (nSPS) is 18.1. The summed E-state index contributed by atoms with van der Waals surface area (Å²) in [6, 6.07) is 8.57. The predicted octanol–water partition coefficient (Wildman–Crippen LogP) is 2.90. The van der Waals surface area contributed by atoms with Gasteiger partial charge >= 0.3 is 0 Å². The zero-order valence-electron chi connectivity index (χ0n) is 13.0. The smallest absolute Gasteiger partial charge is 0.227 e. The molecule has 3 nitrogen and oxygen atoms in total. The van der Waals surface area contributed by atoms with Crippen molar-refractivity contribution in [1.29, 1.82) is 0 Å². The van der Waals surface area contributed by atoms with E-state index in [4.69, 9.17) is 5.73 Å². The molecule has 0 bridgehead atoms. The highest BCUT2D eigenvalue weighted by molar-refractivity contribution is 7.99. The monoisotopic (exact) mass is 306 g/mol. The van der Waals surface area contributed by atoms with Gasteiger partial charge in [0.1, 0.15) is 0 Å². The first-order valence-corrected chi connectivity index (χ1v) is 8.89. The van der Waals surface area contributed by atoms with Crippen LogP contribution in [0.1, 0.15) is 43.1 Å². The molecule has 1 aromatic carbocycles. The molecule has 1 amide bonds. The van der Waals surface area contributed by atoms with Gasteiger partial charge in [0.15, 0.2) is 0 Å². The highest BCUT2D eigenvalue weighted by Crippen LogP contribution is 2.36. The molecule has 0 saturated carbocycles. The van der Waals surface area contributed by atoms with E-state index in [2.05, 4.69) is 29.6 Å². The topological polar surface area (TPSA) is 55.1 Å². The Balaban J connectivity index is 2.02. The van der Waals surface area contributed by atoms with Crippen LogP contribution in [0.4, 0.5) is 0 Å². The molecule has 0 saturated heterocycles. The molecule has 0 spiro atoms. The minimum absolute atomic E-state index is 0.110. The summed E-state index contributed by atoms with van der Waals surface area (Å²) in [6.45, 7) is 5.20. The van der Waals surface area contributed by atoms with Crippen LogP contribution in [0.3, 0.4) is 0 Å². The lowest BCUT2D eigenvalue weighted by Gasteiger charge is -2.31. The number of rotatable bonds is 6. The van der Waals surface area contributed by atoms with Crippen LogP contribution >= 0.6 is 11.8 Å². The molecule has 116 valence electrons. The molecule has 1 aliphatic rings. The standard InChI is InChI=1S/C17H26N2OS/c1-3-17(4-2,12-18)16(20)19-11-15-14-8-6-5-7-13(14)9-10-21-15/h5-8,15H,3-4,9-12,18H2,1-2H3,(H,19,20). The number of fused-ring (bicyclic) bond motifs is 1. The van der Waals surface area contributed by atoms with E-state index < -0.39 is 5.41 Å². The lowest BCUT2D eigenvalue weighted by atomic mass is 9.81. The fourth-order valence-corrected chi connectivity index (χ4v) is 4.20. The average Bonchev–Trinajstić information content (AvgIpc) is 2.55. The van der Waals surface area contributed by atoms with Crippen molar-refractivity contribution in [3.63, 3.8) is 0 Å². The maximum absolute atomic E-state index is 12.5. The quantitative estimate of drug-likeness (QED) is 0.849. The van der Waals surface area contributed by atoms with Crippen LogP contribution in [0.5, 0.6) is 0 Å². The van der Waals surface area contributed by atoms with Gasteiger partial charge in [-0.2, -0.15) is 11.8 Å². The minimum atomic E-state index is -0.404. The zero-order chi connectivity index (χ0) is 15.3. The Labute approximate surface area is 132 Å². The fourth-order valence-electron chi connectivity index (χ4n) is 2.97. The number of hydrogen-bond donors (Lipinski definition) is 2. The molecule has 1 heterocycles. The summed E-state index contributed by atoms with van der Waals surface area (Å²) in [5.41, 5.74) is 8.24. The van der Waals surface area contributed by atoms with Crippen LogP contribution in [-0.2, 0) is 11.2 Å². The van der Waals surface area contributed by atoms with Crippen LogP contribution in [-0.4, -0.2) is 24.7 Å². The Morgan fingerprint density at radius 1 is 1.38 bits per heavy atom. The summed E-state index contributed by atoms with van der Waals surface area (Å²) in [4.78, 5) is 12.5. The summed E-state index contributed by atoms with van der Waals surface area (Å²) in [5.74, 6) is 1.24.